The highest BCUT2D eigenvalue weighted by Gasteiger charge is 1.97. The SMILES string of the molecule is CCNc1cc(N)ccc1O. The normalized spacial score (nSPS) is 9.55. The topological polar surface area (TPSA) is 58.3 Å². The summed E-state index contributed by atoms with van der Waals surface area (Å²) in [6, 6.07) is 4.95. The number of nitrogens with two attached hydrogens (primary N) is 1. The molecule has 4 N–H and O–H groups in total. The second-order valence-corrected chi connectivity index (χ2v) is 2.31. The summed E-state index contributed by atoms with van der Waals surface area (Å²) in [5, 5.41) is 12.2. The maximum atomic E-state index is 9.25. The Bertz CT molecular complexity index is 248. The fraction of sp³-hybridized carbons (Fsp3) is 0.250. The number of rotatable bonds is 2. The first-order valence-corrected chi connectivity index (χ1v) is 3.56. The fourth-order valence-corrected chi connectivity index (χ4v) is 0.886. The van der Waals surface area contributed by atoms with Gasteiger partial charge in [-0.2, -0.15) is 0 Å². The molecule has 0 aliphatic heterocycles. The highest BCUT2D eigenvalue weighted by atomic mass is 16.3. The summed E-state index contributed by atoms with van der Waals surface area (Å²) in [5.74, 6) is 0.237. The molecule has 0 heterocycles. The van der Waals surface area contributed by atoms with Crippen molar-refractivity contribution in [3.8, 4) is 5.75 Å². The Morgan fingerprint density at radius 3 is 2.91 bits per heavy atom. The van der Waals surface area contributed by atoms with Crippen molar-refractivity contribution in [1.29, 1.82) is 0 Å². The van der Waals surface area contributed by atoms with Gasteiger partial charge in [0, 0.05) is 12.2 Å². The third-order valence-corrected chi connectivity index (χ3v) is 1.39. The van der Waals surface area contributed by atoms with E-state index in [1.807, 2.05) is 6.92 Å². The smallest absolute Gasteiger partial charge is 0.138 e. The van der Waals surface area contributed by atoms with E-state index in [9.17, 15) is 5.11 Å². The molecule has 0 unspecified atom stereocenters. The van der Waals surface area contributed by atoms with Crippen LogP contribution in [0.5, 0.6) is 5.75 Å². The molecule has 0 aromatic heterocycles. The van der Waals surface area contributed by atoms with Crippen molar-refractivity contribution >= 4 is 11.4 Å². The zero-order valence-corrected chi connectivity index (χ0v) is 6.46. The Morgan fingerprint density at radius 2 is 2.27 bits per heavy atom. The Morgan fingerprint density at radius 1 is 1.55 bits per heavy atom. The number of nitrogen functional groups attached to an aromatic ring is 1. The van der Waals surface area contributed by atoms with Crippen LogP contribution in [0, 0.1) is 0 Å². The molecule has 0 bridgehead atoms. The van der Waals surface area contributed by atoms with Gasteiger partial charge in [0.2, 0.25) is 0 Å². The lowest BCUT2D eigenvalue weighted by molar-refractivity contribution is 0.477. The molecule has 1 aromatic rings. The van der Waals surface area contributed by atoms with E-state index in [4.69, 9.17) is 5.73 Å². The monoisotopic (exact) mass is 152 g/mol. The molecular formula is C8H12N2O. The molecule has 0 fully saturated rings. The first kappa shape index (κ1) is 7.72. The minimum Gasteiger partial charge on any atom is -0.506 e. The van der Waals surface area contributed by atoms with Gasteiger partial charge in [-0.1, -0.05) is 0 Å². The number of nitrogens with one attached hydrogen (secondary N) is 1. The molecule has 11 heavy (non-hydrogen) atoms. The molecule has 0 aliphatic rings. The van der Waals surface area contributed by atoms with E-state index in [2.05, 4.69) is 5.32 Å². The van der Waals surface area contributed by atoms with Crippen LogP contribution in [0.1, 0.15) is 6.92 Å². The van der Waals surface area contributed by atoms with E-state index in [1.54, 1.807) is 18.2 Å². The molecule has 0 amide bonds. The molecule has 1 aromatic carbocycles. The lowest BCUT2D eigenvalue weighted by Gasteiger charge is -2.05. The number of hydrogen-bond acceptors (Lipinski definition) is 3. The van der Waals surface area contributed by atoms with Crippen LogP contribution >= 0.6 is 0 Å². The summed E-state index contributed by atoms with van der Waals surface area (Å²) in [6.07, 6.45) is 0. The predicted molar refractivity (Wildman–Crippen MR) is 46.7 cm³/mol. The predicted octanol–water partition coefficient (Wildman–Crippen LogP) is 1.41. The van der Waals surface area contributed by atoms with Crippen LogP contribution in [0.25, 0.3) is 0 Å². The lowest BCUT2D eigenvalue weighted by atomic mass is 10.2. The number of phenols is 1. The maximum Gasteiger partial charge on any atom is 0.138 e. The van der Waals surface area contributed by atoms with E-state index in [0.717, 1.165) is 6.54 Å². The third kappa shape index (κ3) is 1.77. The van der Waals surface area contributed by atoms with Gasteiger partial charge in [0.05, 0.1) is 5.69 Å². The van der Waals surface area contributed by atoms with Gasteiger partial charge in [-0.05, 0) is 25.1 Å². The van der Waals surface area contributed by atoms with E-state index in [0.29, 0.717) is 11.4 Å². The van der Waals surface area contributed by atoms with Gasteiger partial charge < -0.3 is 16.2 Å². The second kappa shape index (κ2) is 3.14. The number of benzene rings is 1. The first-order valence-electron chi connectivity index (χ1n) is 3.56. The van der Waals surface area contributed by atoms with Crippen LogP contribution in [-0.2, 0) is 0 Å². The van der Waals surface area contributed by atoms with E-state index in [-0.39, 0.29) is 5.75 Å². The third-order valence-electron chi connectivity index (χ3n) is 1.39. The molecule has 60 valence electrons. The van der Waals surface area contributed by atoms with Gasteiger partial charge in [0.15, 0.2) is 0 Å². The Kier molecular flexibility index (Phi) is 2.21. The van der Waals surface area contributed by atoms with Crippen molar-refractivity contribution in [3.63, 3.8) is 0 Å². The number of hydrogen-bond donors (Lipinski definition) is 3. The van der Waals surface area contributed by atoms with E-state index >= 15 is 0 Å². The van der Waals surface area contributed by atoms with Gasteiger partial charge >= 0.3 is 0 Å². The molecule has 1 rings (SSSR count). The molecule has 3 heteroatoms. The zero-order chi connectivity index (χ0) is 8.27. The van der Waals surface area contributed by atoms with E-state index < -0.39 is 0 Å². The highest BCUT2D eigenvalue weighted by Crippen LogP contribution is 2.24. The van der Waals surface area contributed by atoms with Gasteiger partial charge in [0.25, 0.3) is 0 Å². The van der Waals surface area contributed by atoms with Crippen molar-refractivity contribution in [2.75, 3.05) is 17.6 Å². The van der Waals surface area contributed by atoms with Crippen molar-refractivity contribution < 1.29 is 5.11 Å². The molecule has 0 spiro atoms. The molecule has 0 radical (unpaired) electrons. The van der Waals surface area contributed by atoms with Crippen molar-refractivity contribution in [2.24, 2.45) is 0 Å². The van der Waals surface area contributed by atoms with E-state index in [1.165, 1.54) is 0 Å². The van der Waals surface area contributed by atoms with Crippen LogP contribution in [0.2, 0.25) is 0 Å². The highest BCUT2D eigenvalue weighted by molar-refractivity contribution is 5.62. The maximum absolute atomic E-state index is 9.25. The van der Waals surface area contributed by atoms with Gasteiger partial charge in [-0.3, -0.25) is 0 Å². The summed E-state index contributed by atoms with van der Waals surface area (Å²) < 4.78 is 0. The molecule has 0 saturated heterocycles. The van der Waals surface area contributed by atoms with Crippen LogP contribution in [-0.4, -0.2) is 11.7 Å². The number of phenolic OH excluding ortho intramolecular Hbond substituents is 1. The van der Waals surface area contributed by atoms with Crippen molar-refractivity contribution in [1.82, 2.24) is 0 Å². The quantitative estimate of drug-likeness (QED) is 0.341. The minimum atomic E-state index is 0.237. The van der Waals surface area contributed by atoms with Crippen molar-refractivity contribution in [2.45, 2.75) is 6.92 Å². The lowest BCUT2D eigenvalue weighted by Crippen LogP contribution is -1.97. The molecule has 0 saturated carbocycles. The summed E-state index contributed by atoms with van der Waals surface area (Å²) in [4.78, 5) is 0. The Labute approximate surface area is 65.8 Å². The summed E-state index contributed by atoms with van der Waals surface area (Å²) >= 11 is 0. The molecule has 0 atom stereocenters. The van der Waals surface area contributed by atoms with Gasteiger partial charge in [-0.25, -0.2) is 0 Å². The Hall–Kier alpha value is -1.38. The van der Waals surface area contributed by atoms with Gasteiger partial charge in [0.1, 0.15) is 5.75 Å². The Balaban J connectivity index is 2.93. The number of aromatic hydroxyl groups is 1. The van der Waals surface area contributed by atoms with Crippen LogP contribution in [0.4, 0.5) is 11.4 Å². The van der Waals surface area contributed by atoms with Crippen LogP contribution < -0.4 is 11.1 Å². The molecule has 3 nitrogen and oxygen atoms in total. The summed E-state index contributed by atoms with van der Waals surface area (Å²) in [6.45, 7) is 2.74. The first-order chi connectivity index (χ1) is 5.24. The minimum absolute atomic E-state index is 0.237. The number of anilines is 2. The average Bonchev–Trinajstić information content (AvgIpc) is 1.98. The molecular weight excluding hydrogens is 140 g/mol. The van der Waals surface area contributed by atoms with Crippen molar-refractivity contribution in [3.05, 3.63) is 18.2 Å². The summed E-state index contributed by atoms with van der Waals surface area (Å²) in [5.41, 5.74) is 6.85. The zero-order valence-electron chi connectivity index (χ0n) is 6.46. The van der Waals surface area contributed by atoms with Crippen LogP contribution in [0.3, 0.4) is 0 Å². The van der Waals surface area contributed by atoms with Crippen LogP contribution in [0.15, 0.2) is 18.2 Å². The molecule has 0 aliphatic carbocycles. The summed E-state index contributed by atoms with van der Waals surface area (Å²) in [7, 11) is 0. The van der Waals surface area contributed by atoms with Gasteiger partial charge in [-0.15, -0.1) is 0 Å². The average molecular weight is 152 g/mol. The fourth-order valence-electron chi connectivity index (χ4n) is 0.886. The second-order valence-electron chi connectivity index (χ2n) is 2.31. The standard InChI is InChI=1S/C8H12N2O/c1-2-10-7-5-6(9)3-4-8(7)11/h3-5,10-11H,2,9H2,1H3. The largest absolute Gasteiger partial charge is 0.506 e.